The van der Waals surface area contributed by atoms with Crippen LogP contribution >= 0.6 is 0 Å². The molecule has 3 heteroatoms. The monoisotopic (exact) mass is 200 g/mol. The molecule has 3 nitrogen and oxygen atoms in total. The Kier molecular flexibility index (Phi) is 6.17. The maximum Gasteiger partial charge on any atom is 0.316 e. The van der Waals surface area contributed by atoms with Gasteiger partial charge in [0.25, 0.3) is 0 Å². The van der Waals surface area contributed by atoms with Crippen molar-refractivity contribution < 1.29 is 14.3 Å². The van der Waals surface area contributed by atoms with Gasteiger partial charge in [-0.15, -0.1) is 0 Å². The summed E-state index contributed by atoms with van der Waals surface area (Å²) in [5.74, 6) is -0.961. The van der Waals surface area contributed by atoms with Gasteiger partial charge >= 0.3 is 5.97 Å². The number of carbonyl (C=O) groups excluding carboxylic acids is 2. The van der Waals surface area contributed by atoms with Crippen molar-refractivity contribution in [3.8, 4) is 0 Å². The summed E-state index contributed by atoms with van der Waals surface area (Å²) in [6.45, 7) is 7.50. The lowest BCUT2D eigenvalue weighted by molar-refractivity contribution is -0.153. The number of Topliss-reactive ketones (excluding diaryl/α,β-unsaturated/α-hetero) is 1. The normalized spacial score (nSPS) is 14.6. The summed E-state index contributed by atoms with van der Waals surface area (Å²) < 4.78 is 4.87. The molecule has 0 saturated carbocycles. The highest BCUT2D eigenvalue weighted by atomic mass is 16.5. The van der Waals surface area contributed by atoms with Crippen LogP contribution in [0.3, 0.4) is 0 Å². The summed E-state index contributed by atoms with van der Waals surface area (Å²) in [6.07, 6.45) is 1.85. The van der Waals surface area contributed by atoms with Crippen molar-refractivity contribution in [1.82, 2.24) is 0 Å². The summed E-state index contributed by atoms with van der Waals surface area (Å²) in [7, 11) is 0. The maximum absolute atomic E-state index is 11.5. The van der Waals surface area contributed by atoms with Crippen LogP contribution in [0.5, 0.6) is 0 Å². The molecular formula is C11H20O3. The highest BCUT2D eigenvalue weighted by Gasteiger charge is 2.29. The summed E-state index contributed by atoms with van der Waals surface area (Å²) in [5, 5.41) is 0. The Morgan fingerprint density at radius 2 is 1.86 bits per heavy atom. The van der Waals surface area contributed by atoms with E-state index in [-0.39, 0.29) is 17.7 Å². The third kappa shape index (κ3) is 3.90. The van der Waals surface area contributed by atoms with Crippen LogP contribution in [0, 0.1) is 11.8 Å². The van der Waals surface area contributed by atoms with Crippen molar-refractivity contribution in [2.24, 2.45) is 11.8 Å². The number of hydrogen-bond donors (Lipinski definition) is 0. The number of ether oxygens (including phenoxy) is 1. The Morgan fingerprint density at radius 3 is 2.21 bits per heavy atom. The van der Waals surface area contributed by atoms with Crippen LogP contribution in [0.15, 0.2) is 0 Å². The van der Waals surface area contributed by atoms with E-state index in [1.54, 1.807) is 6.92 Å². The summed E-state index contributed by atoms with van der Waals surface area (Å²) in [6, 6.07) is 0. The van der Waals surface area contributed by atoms with Gasteiger partial charge in [0.05, 0.1) is 6.61 Å². The molecule has 2 atom stereocenters. The first kappa shape index (κ1) is 13.1. The topological polar surface area (TPSA) is 43.4 Å². The van der Waals surface area contributed by atoms with Crippen molar-refractivity contribution >= 4 is 11.8 Å². The molecule has 0 aromatic heterocycles. The van der Waals surface area contributed by atoms with Gasteiger partial charge in [-0.25, -0.2) is 0 Å². The lowest BCUT2D eigenvalue weighted by Crippen LogP contribution is -2.30. The Morgan fingerprint density at radius 1 is 1.29 bits per heavy atom. The van der Waals surface area contributed by atoms with Crippen LogP contribution in [-0.2, 0) is 14.3 Å². The van der Waals surface area contributed by atoms with Gasteiger partial charge in [-0.3, -0.25) is 9.59 Å². The van der Waals surface area contributed by atoms with Crippen LogP contribution < -0.4 is 0 Å². The Balaban J connectivity index is 4.42. The summed E-state index contributed by atoms with van der Waals surface area (Å²) in [4.78, 5) is 22.7. The van der Waals surface area contributed by atoms with Crippen LogP contribution in [0.25, 0.3) is 0 Å². The zero-order valence-corrected chi connectivity index (χ0v) is 9.50. The fourth-order valence-electron chi connectivity index (χ4n) is 1.65. The molecule has 0 aromatic rings. The molecule has 0 fully saturated rings. The van der Waals surface area contributed by atoms with E-state index in [1.165, 1.54) is 6.92 Å². The van der Waals surface area contributed by atoms with Gasteiger partial charge in [0.15, 0.2) is 0 Å². The zero-order chi connectivity index (χ0) is 11.1. The molecule has 0 N–H and O–H groups in total. The second-order valence-electron chi connectivity index (χ2n) is 3.61. The second-order valence-corrected chi connectivity index (χ2v) is 3.61. The van der Waals surface area contributed by atoms with Gasteiger partial charge in [-0.1, -0.05) is 20.3 Å². The Bertz CT molecular complexity index is 199. The smallest absolute Gasteiger partial charge is 0.316 e. The maximum atomic E-state index is 11.5. The summed E-state index contributed by atoms with van der Waals surface area (Å²) >= 11 is 0. The minimum absolute atomic E-state index is 0.0801. The van der Waals surface area contributed by atoms with E-state index in [0.29, 0.717) is 6.61 Å². The number of ketones is 1. The van der Waals surface area contributed by atoms with Crippen LogP contribution in [0.1, 0.15) is 40.5 Å². The molecule has 0 aliphatic rings. The first-order valence-corrected chi connectivity index (χ1v) is 5.21. The molecule has 82 valence electrons. The molecule has 0 bridgehead atoms. The van der Waals surface area contributed by atoms with Gasteiger partial charge in [-0.2, -0.15) is 0 Å². The number of hydrogen-bond acceptors (Lipinski definition) is 3. The number of rotatable bonds is 6. The van der Waals surface area contributed by atoms with Gasteiger partial charge < -0.3 is 4.74 Å². The predicted octanol–water partition coefficient (Wildman–Crippen LogP) is 2.19. The van der Waals surface area contributed by atoms with Gasteiger partial charge in [0.2, 0.25) is 0 Å². The van der Waals surface area contributed by atoms with Crippen LogP contribution in [-0.4, -0.2) is 18.4 Å². The van der Waals surface area contributed by atoms with E-state index in [4.69, 9.17) is 4.74 Å². The molecule has 2 unspecified atom stereocenters. The average molecular weight is 200 g/mol. The highest BCUT2D eigenvalue weighted by Crippen LogP contribution is 2.19. The second kappa shape index (κ2) is 6.57. The molecule has 0 amide bonds. The van der Waals surface area contributed by atoms with E-state index < -0.39 is 5.92 Å². The van der Waals surface area contributed by atoms with E-state index in [0.717, 1.165) is 12.8 Å². The molecular weight excluding hydrogens is 180 g/mol. The fraction of sp³-hybridized carbons (Fsp3) is 0.818. The van der Waals surface area contributed by atoms with E-state index in [2.05, 4.69) is 0 Å². The van der Waals surface area contributed by atoms with Crippen molar-refractivity contribution in [3.05, 3.63) is 0 Å². The van der Waals surface area contributed by atoms with Crippen molar-refractivity contribution in [2.45, 2.75) is 40.5 Å². The molecule has 0 rings (SSSR count). The molecule has 0 heterocycles. The SMILES string of the molecule is CCCC(C)C(C(C)=O)C(=O)OCC. The fourth-order valence-corrected chi connectivity index (χ4v) is 1.65. The summed E-state index contributed by atoms with van der Waals surface area (Å²) in [5.41, 5.74) is 0. The zero-order valence-electron chi connectivity index (χ0n) is 9.50. The van der Waals surface area contributed by atoms with E-state index >= 15 is 0 Å². The third-order valence-electron chi connectivity index (χ3n) is 2.29. The predicted molar refractivity (Wildman–Crippen MR) is 54.9 cm³/mol. The van der Waals surface area contributed by atoms with E-state index in [9.17, 15) is 9.59 Å². The minimum atomic E-state index is -0.574. The molecule has 0 saturated heterocycles. The van der Waals surface area contributed by atoms with Gasteiger partial charge in [-0.05, 0) is 26.2 Å². The van der Waals surface area contributed by atoms with Crippen molar-refractivity contribution in [3.63, 3.8) is 0 Å². The quantitative estimate of drug-likeness (QED) is 0.487. The molecule has 0 aromatic carbocycles. The Hall–Kier alpha value is -0.860. The van der Waals surface area contributed by atoms with E-state index in [1.807, 2.05) is 13.8 Å². The molecule has 14 heavy (non-hydrogen) atoms. The lowest BCUT2D eigenvalue weighted by atomic mass is 9.87. The molecule has 0 radical (unpaired) electrons. The molecule has 0 aliphatic heterocycles. The van der Waals surface area contributed by atoms with Crippen LogP contribution in [0.4, 0.5) is 0 Å². The first-order chi connectivity index (χ1) is 6.54. The standard InChI is InChI=1S/C11H20O3/c1-5-7-8(3)10(9(4)12)11(13)14-6-2/h8,10H,5-7H2,1-4H3. The number of carbonyl (C=O) groups is 2. The lowest BCUT2D eigenvalue weighted by Gasteiger charge is -2.19. The Labute approximate surface area is 85.8 Å². The number of esters is 1. The van der Waals surface area contributed by atoms with Crippen molar-refractivity contribution in [2.75, 3.05) is 6.61 Å². The van der Waals surface area contributed by atoms with Gasteiger partial charge in [0, 0.05) is 0 Å². The first-order valence-electron chi connectivity index (χ1n) is 5.21. The minimum Gasteiger partial charge on any atom is -0.465 e. The van der Waals surface area contributed by atoms with Crippen molar-refractivity contribution in [1.29, 1.82) is 0 Å². The average Bonchev–Trinajstić information content (AvgIpc) is 2.04. The highest BCUT2D eigenvalue weighted by molar-refractivity contribution is 5.98. The van der Waals surface area contributed by atoms with Crippen LogP contribution in [0.2, 0.25) is 0 Å². The largest absolute Gasteiger partial charge is 0.465 e. The van der Waals surface area contributed by atoms with Gasteiger partial charge in [0.1, 0.15) is 11.7 Å². The third-order valence-corrected chi connectivity index (χ3v) is 2.29. The molecule has 0 aliphatic carbocycles. The molecule has 0 spiro atoms.